The summed E-state index contributed by atoms with van der Waals surface area (Å²) >= 11 is 0. The lowest BCUT2D eigenvalue weighted by Gasteiger charge is -2.41. The minimum Gasteiger partial charge on any atom is -0.322 e. The van der Waals surface area contributed by atoms with E-state index in [1.165, 1.54) is 22.6 Å². The summed E-state index contributed by atoms with van der Waals surface area (Å²) in [5, 5.41) is 3.12. The molecule has 6 nitrogen and oxygen atoms in total. The van der Waals surface area contributed by atoms with Crippen molar-refractivity contribution in [3.05, 3.63) is 71.5 Å². The van der Waals surface area contributed by atoms with E-state index in [1.54, 1.807) is 12.1 Å². The molecular weight excluding hydrogens is 443 g/mol. The molecule has 2 aromatic carbocycles. The second kappa shape index (κ2) is 11.3. The monoisotopic (exact) mass is 480 g/mol. The zero-order chi connectivity index (χ0) is 24.8. The molecule has 0 unspecified atom stereocenters. The fourth-order valence-corrected chi connectivity index (χ4v) is 5.44. The molecule has 0 aliphatic carbocycles. The molecule has 2 aliphatic rings. The summed E-state index contributed by atoms with van der Waals surface area (Å²) < 4.78 is 13.5. The van der Waals surface area contributed by atoms with Gasteiger partial charge in [0.2, 0.25) is 0 Å². The van der Waals surface area contributed by atoms with E-state index in [9.17, 15) is 14.0 Å². The van der Waals surface area contributed by atoms with E-state index in [4.69, 9.17) is 0 Å². The predicted octanol–water partition coefficient (Wildman–Crippen LogP) is 3.57. The molecule has 188 valence electrons. The van der Waals surface area contributed by atoms with Crippen molar-refractivity contribution in [1.29, 1.82) is 0 Å². The first-order chi connectivity index (χ1) is 16.9. The maximum atomic E-state index is 13.8. The second-order valence-corrected chi connectivity index (χ2v) is 10.2. The highest BCUT2D eigenvalue weighted by Gasteiger charge is 2.55. The smallest absolute Gasteiger partial charge is 0.322 e. The minimum atomic E-state index is -0.974. The number of amides is 3. The number of piperidine rings is 1. The van der Waals surface area contributed by atoms with Crippen LogP contribution in [0.15, 0.2) is 54.6 Å². The van der Waals surface area contributed by atoms with Gasteiger partial charge in [-0.3, -0.25) is 9.69 Å². The molecule has 2 fully saturated rings. The van der Waals surface area contributed by atoms with Crippen LogP contribution in [0.25, 0.3) is 0 Å². The van der Waals surface area contributed by atoms with Crippen LogP contribution < -0.4 is 5.32 Å². The van der Waals surface area contributed by atoms with E-state index in [-0.39, 0.29) is 23.7 Å². The molecule has 2 aromatic rings. The maximum absolute atomic E-state index is 13.8. The molecule has 1 N–H and O–H groups in total. The highest BCUT2D eigenvalue weighted by molar-refractivity contribution is 6.07. The minimum absolute atomic E-state index is 0.0378. The molecule has 0 aromatic heterocycles. The maximum Gasteiger partial charge on any atom is 0.325 e. The summed E-state index contributed by atoms with van der Waals surface area (Å²) in [4.78, 5) is 32.7. The molecule has 0 radical (unpaired) electrons. The van der Waals surface area contributed by atoms with Gasteiger partial charge in [-0.25, -0.2) is 9.18 Å². The van der Waals surface area contributed by atoms with Crippen molar-refractivity contribution in [2.45, 2.75) is 37.6 Å². The molecule has 0 saturated carbocycles. The third-order valence-electron chi connectivity index (χ3n) is 7.43. The lowest BCUT2D eigenvalue weighted by molar-refractivity contribution is -0.134. The fraction of sp³-hybridized carbons (Fsp3) is 0.500. The van der Waals surface area contributed by atoms with E-state index in [1.807, 2.05) is 20.2 Å². The van der Waals surface area contributed by atoms with Crippen LogP contribution in [0.2, 0.25) is 0 Å². The van der Waals surface area contributed by atoms with E-state index in [2.05, 4.69) is 39.4 Å². The number of nitrogens with zero attached hydrogens (tertiary/aromatic N) is 3. The van der Waals surface area contributed by atoms with Gasteiger partial charge >= 0.3 is 6.03 Å². The predicted molar refractivity (Wildman–Crippen MR) is 136 cm³/mol. The van der Waals surface area contributed by atoms with Gasteiger partial charge in [-0.15, -0.1) is 0 Å². The Bertz CT molecular complexity index is 990. The molecular formula is C28H37FN4O2. The first kappa shape index (κ1) is 25.3. The quantitative estimate of drug-likeness (QED) is 0.529. The van der Waals surface area contributed by atoms with Gasteiger partial charge in [0.1, 0.15) is 11.4 Å². The standard InChI is InChI=1S/C28H37FN4O2/c1-31(2)16-6-17-33-26(34)28(30-27(33)35,21-23-9-11-25(29)12-10-23)24-14-19-32(20-15-24)18-13-22-7-4-3-5-8-22/h3-5,7-12,24H,6,13-21H2,1-2H3,(H,30,35)/t28-/m1/s1. The lowest BCUT2D eigenvalue weighted by Crippen LogP contribution is -2.57. The SMILES string of the molecule is CN(C)CCCN1C(=O)N[C@](Cc2ccc(F)cc2)(C2CCN(CCc3ccccc3)CC2)C1=O. The van der Waals surface area contributed by atoms with Gasteiger partial charge in [-0.05, 0) is 88.6 Å². The van der Waals surface area contributed by atoms with E-state index < -0.39 is 5.54 Å². The number of benzene rings is 2. The summed E-state index contributed by atoms with van der Waals surface area (Å²) in [5.74, 6) is -0.397. The largest absolute Gasteiger partial charge is 0.325 e. The van der Waals surface area contributed by atoms with Gasteiger partial charge < -0.3 is 15.1 Å². The van der Waals surface area contributed by atoms with E-state index in [0.29, 0.717) is 13.0 Å². The van der Waals surface area contributed by atoms with E-state index >= 15 is 0 Å². The average molecular weight is 481 g/mol. The number of nitrogens with one attached hydrogen (secondary N) is 1. The van der Waals surface area contributed by atoms with Crippen molar-refractivity contribution in [2.75, 3.05) is 46.8 Å². The number of hydrogen-bond acceptors (Lipinski definition) is 4. The fourth-order valence-electron chi connectivity index (χ4n) is 5.44. The van der Waals surface area contributed by atoms with Gasteiger partial charge in [0, 0.05) is 19.5 Å². The molecule has 35 heavy (non-hydrogen) atoms. The number of carbonyl (C=O) groups is 2. The Kier molecular flexibility index (Phi) is 8.19. The highest BCUT2D eigenvalue weighted by atomic mass is 19.1. The van der Waals surface area contributed by atoms with Crippen LogP contribution in [0.1, 0.15) is 30.4 Å². The van der Waals surface area contributed by atoms with Crippen molar-refractivity contribution >= 4 is 11.9 Å². The molecule has 0 bridgehead atoms. The number of hydrogen-bond donors (Lipinski definition) is 1. The molecule has 2 saturated heterocycles. The Labute approximate surface area is 208 Å². The Morgan fingerprint density at radius 1 is 0.971 bits per heavy atom. The van der Waals surface area contributed by atoms with Crippen LogP contribution in [0.5, 0.6) is 0 Å². The molecule has 1 atom stereocenters. The van der Waals surface area contributed by atoms with Gasteiger partial charge in [-0.2, -0.15) is 0 Å². The lowest BCUT2D eigenvalue weighted by atomic mass is 9.74. The summed E-state index contributed by atoms with van der Waals surface area (Å²) in [5.41, 5.74) is 1.22. The highest BCUT2D eigenvalue weighted by Crippen LogP contribution is 2.36. The summed E-state index contributed by atoms with van der Waals surface area (Å²) in [6, 6.07) is 16.5. The van der Waals surface area contributed by atoms with Gasteiger partial charge in [0.25, 0.3) is 5.91 Å². The van der Waals surface area contributed by atoms with Gasteiger partial charge in [-0.1, -0.05) is 42.5 Å². The number of urea groups is 1. The molecule has 3 amide bonds. The number of carbonyl (C=O) groups excluding carboxylic acids is 2. The summed E-state index contributed by atoms with van der Waals surface area (Å²) in [6.07, 6.45) is 3.80. The Morgan fingerprint density at radius 3 is 2.31 bits per heavy atom. The first-order valence-electron chi connectivity index (χ1n) is 12.7. The normalized spacial score (nSPS) is 21.7. The number of halogens is 1. The number of imide groups is 1. The second-order valence-electron chi connectivity index (χ2n) is 10.2. The summed E-state index contributed by atoms with van der Waals surface area (Å²) in [7, 11) is 3.96. The van der Waals surface area contributed by atoms with E-state index in [0.717, 1.165) is 57.4 Å². The van der Waals surface area contributed by atoms with Crippen LogP contribution in [-0.4, -0.2) is 79.0 Å². The van der Waals surface area contributed by atoms with Crippen LogP contribution in [0.3, 0.4) is 0 Å². The zero-order valence-corrected chi connectivity index (χ0v) is 20.9. The molecule has 2 heterocycles. The van der Waals surface area contributed by atoms with Crippen LogP contribution in [-0.2, 0) is 17.6 Å². The molecule has 2 aliphatic heterocycles. The Balaban J connectivity index is 1.46. The zero-order valence-electron chi connectivity index (χ0n) is 20.9. The van der Waals surface area contributed by atoms with Crippen molar-refractivity contribution in [3.8, 4) is 0 Å². The molecule has 7 heteroatoms. The topological polar surface area (TPSA) is 55.9 Å². The van der Waals surface area contributed by atoms with Crippen LogP contribution in [0, 0.1) is 11.7 Å². The molecule has 4 rings (SSSR count). The van der Waals surface area contributed by atoms with Gasteiger partial charge in [0.15, 0.2) is 0 Å². The average Bonchev–Trinajstić information content (AvgIpc) is 3.10. The third kappa shape index (κ3) is 6.08. The van der Waals surface area contributed by atoms with Crippen molar-refractivity contribution in [1.82, 2.24) is 20.0 Å². The first-order valence-corrected chi connectivity index (χ1v) is 12.7. The van der Waals surface area contributed by atoms with Crippen LogP contribution in [0.4, 0.5) is 9.18 Å². The molecule has 0 spiro atoms. The van der Waals surface area contributed by atoms with Crippen LogP contribution >= 0.6 is 0 Å². The van der Waals surface area contributed by atoms with Crippen molar-refractivity contribution in [2.24, 2.45) is 5.92 Å². The van der Waals surface area contributed by atoms with Gasteiger partial charge in [0.05, 0.1) is 0 Å². The Hall–Kier alpha value is -2.77. The Morgan fingerprint density at radius 2 is 1.66 bits per heavy atom. The van der Waals surface area contributed by atoms with Crippen molar-refractivity contribution in [3.63, 3.8) is 0 Å². The number of rotatable bonds is 10. The summed E-state index contributed by atoms with van der Waals surface area (Å²) in [6.45, 7) is 3.99. The number of likely N-dealkylation sites (tertiary alicyclic amines) is 1. The third-order valence-corrected chi connectivity index (χ3v) is 7.43. The van der Waals surface area contributed by atoms with Crippen molar-refractivity contribution < 1.29 is 14.0 Å².